The third kappa shape index (κ3) is 5.83. The number of carbonyl (C=O) groups is 1. The summed E-state index contributed by atoms with van der Waals surface area (Å²) in [6, 6.07) is 8.22. The van der Waals surface area contributed by atoms with Crippen LogP contribution in [0.1, 0.15) is 47.0 Å². The van der Waals surface area contributed by atoms with Gasteiger partial charge in [-0.2, -0.15) is 0 Å². The molecule has 6 nitrogen and oxygen atoms in total. The Kier molecular flexibility index (Phi) is 8.30. The third-order valence-corrected chi connectivity index (χ3v) is 6.86. The average molecular weight is 493 g/mol. The molecule has 2 unspecified atom stereocenters. The zero-order chi connectivity index (χ0) is 21.5. The van der Waals surface area contributed by atoms with Crippen molar-refractivity contribution >= 4 is 39.1 Å². The second-order valence-electron chi connectivity index (χ2n) is 7.36. The number of aryl methyl sites for hydroxylation is 2. The molecule has 2 atom stereocenters. The van der Waals surface area contributed by atoms with Gasteiger partial charge in [-0.25, -0.2) is 4.99 Å². The lowest BCUT2D eigenvalue weighted by Crippen LogP contribution is -2.41. The highest BCUT2D eigenvalue weighted by molar-refractivity contribution is 9.10. The first-order valence-corrected chi connectivity index (χ1v) is 12.0. The Labute approximate surface area is 190 Å². The van der Waals surface area contributed by atoms with Crippen molar-refractivity contribution in [2.24, 2.45) is 10.7 Å². The number of guanidine groups is 1. The summed E-state index contributed by atoms with van der Waals surface area (Å²) < 4.78 is 6.46. The summed E-state index contributed by atoms with van der Waals surface area (Å²) in [5.74, 6) is 0.831. The minimum atomic E-state index is -0.206. The number of methoxy groups -OCH3 is 1. The van der Waals surface area contributed by atoms with Gasteiger partial charge in [0.1, 0.15) is 5.75 Å². The van der Waals surface area contributed by atoms with Crippen LogP contribution in [0.5, 0.6) is 5.75 Å². The fraction of sp³-hybridized carbons (Fsp3) is 0.455. The number of ether oxygens (including phenoxy) is 1. The first-order valence-electron chi connectivity index (χ1n) is 10.3. The van der Waals surface area contributed by atoms with E-state index in [1.807, 2.05) is 23.6 Å². The molecule has 1 aliphatic rings. The van der Waals surface area contributed by atoms with Crippen molar-refractivity contribution in [3.63, 3.8) is 0 Å². The molecule has 0 bridgehead atoms. The molecule has 3 rings (SSSR count). The van der Waals surface area contributed by atoms with Gasteiger partial charge in [0.05, 0.1) is 18.7 Å². The minimum absolute atomic E-state index is 0.0822. The van der Waals surface area contributed by atoms with Gasteiger partial charge in [-0.05, 0) is 73.9 Å². The predicted molar refractivity (Wildman–Crippen MR) is 127 cm³/mol. The quantitative estimate of drug-likeness (QED) is 0.385. The molecule has 1 aromatic heterocycles. The zero-order valence-electron chi connectivity index (χ0n) is 17.4. The molecule has 1 aromatic carbocycles. The monoisotopic (exact) mass is 492 g/mol. The van der Waals surface area contributed by atoms with E-state index >= 15 is 0 Å². The molecule has 0 spiro atoms. The molecule has 0 saturated carbocycles. The smallest absolute Gasteiger partial charge is 0.259 e. The Morgan fingerprint density at radius 1 is 1.43 bits per heavy atom. The van der Waals surface area contributed by atoms with Crippen molar-refractivity contribution < 1.29 is 9.53 Å². The summed E-state index contributed by atoms with van der Waals surface area (Å²) in [4.78, 5) is 18.4. The topological polar surface area (TPSA) is 88.7 Å². The Bertz CT molecular complexity index is 893. The molecule has 2 heterocycles. The van der Waals surface area contributed by atoms with Gasteiger partial charge in [-0.15, -0.1) is 11.3 Å². The van der Waals surface area contributed by atoms with Gasteiger partial charge in [0, 0.05) is 15.4 Å². The van der Waals surface area contributed by atoms with Gasteiger partial charge in [0.2, 0.25) is 0 Å². The summed E-state index contributed by atoms with van der Waals surface area (Å²) >= 11 is 5.09. The molecule has 0 radical (unpaired) electrons. The van der Waals surface area contributed by atoms with Crippen LogP contribution in [0.15, 0.2) is 39.1 Å². The van der Waals surface area contributed by atoms with Gasteiger partial charge in [-0.1, -0.05) is 22.9 Å². The molecule has 1 aliphatic heterocycles. The molecule has 1 saturated heterocycles. The maximum atomic E-state index is 12.8. The second kappa shape index (κ2) is 10.9. The van der Waals surface area contributed by atoms with Gasteiger partial charge < -0.3 is 15.8 Å². The largest absolute Gasteiger partial charge is 0.496 e. The maximum Gasteiger partial charge on any atom is 0.259 e. The molecule has 0 aliphatic carbocycles. The van der Waals surface area contributed by atoms with Crippen LogP contribution < -0.4 is 21.1 Å². The fourth-order valence-corrected chi connectivity index (χ4v) is 5.11. The standard InChI is InChI=1S/C22H29BrN4O2S/c1-3-17(18-5-4-11-25-18)26-22(24)27-21(28)16-10-12-30-20(16)9-6-14-13-15(23)7-8-19(14)29-2/h7-8,10,12-13,17-18,25H,3-6,9,11H2,1-2H3,(H3,24,26,27,28). The summed E-state index contributed by atoms with van der Waals surface area (Å²) in [7, 11) is 1.67. The number of halogens is 1. The van der Waals surface area contributed by atoms with E-state index in [-0.39, 0.29) is 17.9 Å². The number of amides is 1. The van der Waals surface area contributed by atoms with E-state index in [1.165, 1.54) is 0 Å². The highest BCUT2D eigenvalue weighted by Gasteiger charge is 2.23. The lowest BCUT2D eigenvalue weighted by molar-refractivity contribution is 0.0976. The van der Waals surface area contributed by atoms with Crippen molar-refractivity contribution in [2.75, 3.05) is 13.7 Å². The van der Waals surface area contributed by atoms with Crippen LogP contribution in [0, 0.1) is 0 Å². The van der Waals surface area contributed by atoms with E-state index in [2.05, 4.69) is 44.5 Å². The van der Waals surface area contributed by atoms with Crippen LogP contribution >= 0.6 is 27.3 Å². The van der Waals surface area contributed by atoms with Gasteiger partial charge >= 0.3 is 0 Å². The first kappa shape index (κ1) is 22.8. The highest BCUT2D eigenvalue weighted by atomic mass is 79.9. The second-order valence-corrected chi connectivity index (χ2v) is 9.28. The number of nitrogens with two attached hydrogens (primary N) is 1. The van der Waals surface area contributed by atoms with Gasteiger partial charge in [-0.3, -0.25) is 10.1 Å². The van der Waals surface area contributed by atoms with Crippen molar-refractivity contribution in [3.8, 4) is 5.75 Å². The highest BCUT2D eigenvalue weighted by Crippen LogP contribution is 2.26. The van der Waals surface area contributed by atoms with E-state index in [0.29, 0.717) is 11.6 Å². The van der Waals surface area contributed by atoms with Crippen LogP contribution in [-0.2, 0) is 12.8 Å². The van der Waals surface area contributed by atoms with Crippen LogP contribution in [0.3, 0.4) is 0 Å². The van der Waals surface area contributed by atoms with Crippen molar-refractivity contribution in [3.05, 3.63) is 50.1 Å². The normalized spacial score (nSPS) is 17.7. The number of nitrogens with one attached hydrogen (secondary N) is 2. The van der Waals surface area contributed by atoms with Crippen LogP contribution in [0.4, 0.5) is 0 Å². The molecular formula is C22H29BrN4O2S. The van der Waals surface area contributed by atoms with E-state index in [4.69, 9.17) is 10.5 Å². The van der Waals surface area contributed by atoms with E-state index < -0.39 is 0 Å². The van der Waals surface area contributed by atoms with Gasteiger partial charge in [0.25, 0.3) is 5.91 Å². The number of benzene rings is 1. The number of hydrogen-bond acceptors (Lipinski definition) is 5. The number of rotatable bonds is 8. The third-order valence-electron chi connectivity index (χ3n) is 5.38. The lowest BCUT2D eigenvalue weighted by atomic mass is 10.1. The predicted octanol–water partition coefficient (Wildman–Crippen LogP) is 3.88. The molecule has 1 fully saturated rings. The number of hydrogen-bond donors (Lipinski definition) is 3. The summed E-state index contributed by atoms with van der Waals surface area (Å²) in [5.41, 5.74) is 7.82. The van der Waals surface area contributed by atoms with E-state index in [1.54, 1.807) is 18.4 Å². The van der Waals surface area contributed by atoms with Crippen molar-refractivity contribution in [2.45, 2.75) is 51.1 Å². The van der Waals surface area contributed by atoms with E-state index in [0.717, 1.165) is 59.3 Å². The molecular weight excluding hydrogens is 464 g/mol. The lowest BCUT2D eigenvalue weighted by Gasteiger charge is -2.19. The summed E-state index contributed by atoms with van der Waals surface area (Å²) in [5, 5.41) is 8.18. The Balaban J connectivity index is 1.64. The van der Waals surface area contributed by atoms with Crippen molar-refractivity contribution in [1.29, 1.82) is 0 Å². The molecule has 162 valence electrons. The molecule has 30 heavy (non-hydrogen) atoms. The Morgan fingerprint density at radius 2 is 2.27 bits per heavy atom. The van der Waals surface area contributed by atoms with Gasteiger partial charge in [0.15, 0.2) is 5.96 Å². The molecule has 1 amide bonds. The van der Waals surface area contributed by atoms with Crippen LogP contribution in [0.2, 0.25) is 0 Å². The summed E-state index contributed by atoms with van der Waals surface area (Å²) in [6.45, 7) is 3.11. The number of carbonyl (C=O) groups excluding carboxylic acids is 1. The number of thiophene rings is 1. The zero-order valence-corrected chi connectivity index (χ0v) is 19.8. The first-order chi connectivity index (χ1) is 14.5. The average Bonchev–Trinajstić information content (AvgIpc) is 3.42. The van der Waals surface area contributed by atoms with Crippen LogP contribution in [0.25, 0.3) is 0 Å². The Hall–Kier alpha value is -1.90. The minimum Gasteiger partial charge on any atom is -0.496 e. The fourth-order valence-electron chi connectivity index (χ4n) is 3.83. The maximum absolute atomic E-state index is 12.8. The molecule has 8 heteroatoms. The summed E-state index contributed by atoms with van der Waals surface area (Å²) in [6.07, 6.45) is 4.65. The van der Waals surface area contributed by atoms with Crippen molar-refractivity contribution in [1.82, 2.24) is 10.6 Å². The molecule has 4 N–H and O–H groups in total. The van der Waals surface area contributed by atoms with E-state index in [9.17, 15) is 4.79 Å². The number of aliphatic imine (C=N–C) groups is 1. The number of nitrogens with zero attached hydrogens (tertiary/aromatic N) is 1. The Morgan fingerprint density at radius 3 is 2.97 bits per heavy atom. The van der Waals surface area contributed by atoms with Crippen LogP contribution in [-0.4, -0.2) is 37.6 Å². The SMILES string of the molecule is CCC(N=C(N)NC(=O)c1ccsc1CCc1cc(Br)ccc1OC)C1CCCN1. The molecule has 2 aromatic rings.